The van der Waals surface area contributed by atoms with Crippen LogP contribution in [0.1, 0.15) is 17.7 Å². The van der Waals surface area contributed by atoms with Gasteiger partial charge in [-0.2, -0.15) is 0 Å². The molecule has 0 aliphatic carbocycles. The second-order valence-corrected chi connectivity index (χ2v) is 4.42. The van der Waals surface area contributed by atoms with Crippen molar-refractivity contribution in [3.63, 3.8) is 0 Å². The lowest BCUT2D eigenvalue weighted by atomic mass is 10.2. The molecule has 18 heavy (non-hydrogen) atoms. The Morgan fingerprint density at radius 2 is 2.28 bits per heavy atom. The van der Waals surface area contributed by atoms with Crippen LogP contribution in [-0.2, 0) is 11.2 Å². The maximum atomic E-state index is 10.5. The summed E-state index contributed by atoms with van der Waals surface area (Å²) in [5.74, 6) is -0.844. The van der Waals surface area contributed by atoms with E-state index in [0.29, 0.717) is 17.1 Å². The molecule has 5 nitrogen and oxygen atoms in total. The maximum absolute atomic E-state index is 10.5. The molecule has 1 aromatic carbocycles. The Labute approximate surface area is 109 Å². The van der Waals surface area contributed by atoms with Gasteiger partial charge in [0, 0.05) is 11.4 Å². The molecule has 0 aliphatic rings. The Kier molecular flexibility index (Phi) is 3.62. The number of aromatic nitrogens is 3. The van der Waals surface area contributed by atoms with Crippen LogP contribution < -0.4 is 0 Å². The van der Waals surface area contributed by atoms with E-state index in [4.69, 9.17) is 16.7 Å². The fraction of sp³-hybridized carbons (Fsp3) is 0.250. The Balaban J connectivity index is 2.23. The van der Waals surface area contributed by atoms with E-state index in [2.05, 4.69) is 10.3 Å². The van der Waals surface area contributed by atoms with Gasteiger partial charge in [-0.15, -0.1) is 5.10 Å². The van der Waals surface area contributed by atoms with E-state index < -0.39 is 5.97 Å². The van der Waals surface area contributed by atoms with Gasteiger partial charge in [-0.05, 0) is 24.6 Å². The van der Waals surface area contributed by atoms with Gasteiger partial charge in [0.25, 0.3) is 0 Å². The zero-order valence-electron chi connectivity index (χ0n) is 9.80. The molecule has 0 atom stereocenters. The molecule has 0 unspecified atom stereocenters. The normalized spacial score (nSPS) is 10.6. The first-order valence-corrected chi connectivity index (χ1v) is 5.83. The predicted molar refractivity (Wildman–Crippen MR) is 67.1 cm³/mol. The minimum Gasteiger partial charge on any atom is -0.481 e. The van der Waals surface area contributed by atoms with Crippen molar-refractivity contribution in [1.82, 2.24) is 15.0 Å². The number of hydrogen-bond donors (Lipinski definition) is 1. The molecule has 1 N–H and O–H groups in total. The molecule has 6 heteroatoms. The van der Waals surface area contributed by atoms with Crippen LogP contribution in [0, 0.1) is 6.92 Å². The van der Waals surface area contributed by atoms with E-state index in [1.54, 1.807) is 16.9 Å². The van der Waals surface area contributed by atoms with E-state index in [0.717, 1.165) is 11.3 Å². The number of carbonyl (C=O) groups is 1. The van der Waals surface area contributed by atoms with Gasteiger partial charge in [0.15, 0.2) is 0 Å². The van der Waals surface area contributed by atoms with E-state index in [9.17, 15) is 4.79 Å². The number of carboxylic acids is 1. The van der Waals surface area contributed by atoms with E-state index in [1.165, 1.54) is 0 Å². The molecule has 2 aromatic rings. The molecule has 0 saturated carbocycles. The third-order valence-corrected chi connectivity index (χ3v) is 2.79. The van der Waals surface area contributed by atoms with Gasteiger partial charge in [0.05, 0.1) is 24.0 Å². The first-order valence-electron chi connectivity index (χ1n) is 5.46. The standard InChI is InChI=1S/C12H12ClN3O2/c1-8-2-3-9(13)6-11(8)16-7-10(14-15-16)4-5-12(17)18/h2-3,6-7H,4-5H2,1H3,(H,17,18). The molecular weight excluding hydrogens is 254 g/mol. The molecule has 0 radical (unpaired) electrons. The minimum absolute atomic E-state index is 0.0488. The highest BCUT2D eigenvalue weighted by Gasteiger charge is 2.07. The molecular formula is C12H12ClN3O2. The minimum atomic E-state index is -0.844. The van der Waals surface area contributed by atoms with Crippen molar-refractivity contribution in [2.75, 3.05) is 0 Å². The molecule has 1 aromatic heterocycles. The lowest BCUT2D eigenvalue weighted by molar-refractivity contribution is -0.136. The van der Waals surface area contributed by atoms with E-state index in [-0.39, 0.29) is 6.42 Å². The monoisotopic (exact) mass is 265 g/mol. The van der Waals surface area contributed by atoms with Gasteiger partial charge in [-0.3, -0.25) is 4.79 Å². The van der Waals surface area contributed by atoms with Crippen molar-refractivity contribution >= 4 is 17.6 Å². The van der Waals surface area contributed by atoms with E-state index in [1.807, 2.05) is 19.1 Å². The number of nitrogens with zero attached hydrogens (tertiary/aromatic N) is 3. The number of halogens is 1. The molecule has 2 rings (SSSR count). The summed E-state index contributed by atoms with van der Waals surface area (Å²) in [5.41, 5.74) is 2.52. The molecule has 0 saturated heterocycles. The van der Waals surface area contributed by atoms with Crippen molar-refractivity contribution < 1.29 is 9.90 Å². The second-order valence-electron chi connectivity index (χ2n) is 3.98. The van der Waals surface area contributed by atoms with Gasteiger partial charge < -0.3 is 5.11 Å². The lowest BCUT2D eigenvalue weighted by Gasteiger charge is -2.04. The molecule has 0 fully saturated rings. The number of aryl methyl sites for hydroxylation is 2. The van der Waals surface area contributed by atoms with Crippen LogP contribution in [0.3, 0.4) is 0 Å². The fourth-order valence-corrected chi connectivity index (χ4v) is 1.76. The van der Waals surface area contributed by atoms with Crippen molar-refractivity contribution in [1.29, 1.82) is 0 Å². The number of rotatable bonds is 4. The molecule has 1 heterocycles. The van der Waals surface area contributed by atoms with Gasteiger partial charge in [0.1, 0.15) is 0 Å². The molecule has 0 bridgehead atoms. The first-order chi connectivity index (χ1) is 8.56. The second kappa shape index (κ2) is 5.18. The average Bonchev–Trinajstić information content (AvgIpc) is 2.78. The number of benzene rings is 1. The van der Waals surface area contributed by atoms with Gasteiger partial charge in [0.2, 0.25) is 0 Å². The number of hydrogen-bond acceptors (Lipinski definition) is 3. The highest BCUT2D eigenvalue weighted by Crippen LogP contribution is 2.18. The van der Waals surface area contributed by atoms with Gasteiger partial charge in [-0.25, -0.2) is 4.68 Å². The van der Waals surface area contributed by atoms with Crippen molar-refractivity contribution in [3.8, 4) is 5.69 Å². The zero-order valence-corrected chi connectivity index (χ0v) is 10.6. The lowest BCUT2D eigenvalue weighted by Crippen LogP contribution is -1.98. The SMILES string of the molecule is Cc1ccc(Cl)cc1-n1cc(CCC(=O)O)nn1. The Morgan fingerprint density at radius 3 is 3.00 bits per heavy atom. The number of aliphatic carboxylic acids is 1. The quantitative estimate of drug-likeness (QED) is 0.921. The van der Waals surface area contributed by atoms with Gasteiger partial charge in [-0.1, -0.05) is 22.9 Å². The maximum Gasteiger partial charge on any atom is 0.303 e. The summed E-state index contributed by atoms with van der Waals surface area (Å²) in [5, 5.41) is 17.2. The topological polar surface area (TPSA) is 68.0 Å². The van der Waals surface area contributed by atoms with Crippen LogP contribution in [0.5, 0.6) is 0 Å². The molecule has 0 aliphatic heterocycles. The van der Waals surface area contributed by atoms with Crippen LogP contribution in [0.15, 0.2) is 24.4 Å². The van der Waals surface area contributed by atoms with Crippen molar-refractivity contribution in [3.05, 3.63) is 40.7 Å². The summed E-state index contributed by atoms with van der Waals surface area (Å²) in [6.45, 7) is 1.95. The van der Waals surface area contributed by atoms with Crippen molar-refractivity contribution in [2.24, 2.45) is 0 Å². The fourth-order valence-electron chi connectivity index (χ4n) is 1.60. The number of carboxylic acid groups (broad SMARTS) is 1. The smallest absolute Gasteiger partial charge is 0.303 e. The summed E-state index contributed by atoms with van der Waals surface area (Å²) in [4.78, 5) is 10.5. The Hall–Kier alpha value is -1.88. The van der Waals surface area contributed by atoms with E-state index >= 15 is 0 Å². The zero-order chi connectivity index (χ0) is 13.1. The van der Waals surface area contributed by atoms with Crippen LogP contribution >= 0.6 is 11.6 Å². The summed E-state index contributed by atoms with van der Waals surface area (Å²) >= 11 is 5.94. The molecule has 94 valence electrons. The third-order valence-electron chi connectivity index (χ3n) is 2.55. The summed E-state index contributed by atoms with van der Waals surface area (Å²) in [6.07, 6.45) is 2.14. The first kappa shape index (κ1) is 12.6. The Bertz CT molecular complexity index is 580. The highest BCUT2D eigenvalue weighted by molar-refractivity contribution is 6.30. The summed E-state index contributed by atoms with van der Waals surface area (Å²) in [6, 6.07) is 5.51. The third kappa shape index (κ3) is 2.87. The highest BCUT2D eigenvalue weighted by atomic mass is 35.5. The average molecular weight is 266 g/mol. The van der Waals surface area contributed by atoms with Crippen LogP contribution in [0.4, 0.5) is 0 Å². The molecule has 0 spiro atoms. The van der Waals surface area contributed by atoms with Crippen molar-refractivity contribution in [2.45, 2.75) is 19.8 Å². The largest absolute Gasteiger partial charge is 0.481 e. The predicted octanol–water partition coefficient (Wildman–Crippen LogP) is 2.25. The van der Waals surface area contributed by atoms with Crippen LogP contribution in [-0.4, -0.2) is 26.1 Å². The van der Waals surface area contributed by atoms with Gasteiger partial charge >= 0.3 is 5.97 Å². The Morgan fingerprint density at radius 1 is 1.50 bits per heavy atom. The summed E-state index contributed by atoms with van der Waals surface area (Å²) < 4.78 is 1.61. The van der Waals surface area contributed by atoms with Crippen LogP contribution in [0.2, 0.25) is 5.02 Å². The van der Waals surface area contributed by atoms with Crippen LogP contribution in [0.25, 0.3) is 5.69 Å². The summed E-state index contributed by atoms with van der Waals surface area (Å²) in [7, 11) is 0. The molecule has 0 amide bonds.